The molecule has 1 fully saturated rings. The van der Waals surface area contributed by atoms with Crippen molar-refractivity contribution in [1.29, 1.82) is 0 Å². The van der Waals surface area contributed by atoms with Gasteiger partial charge in [-0.05, 0) is 42.9 Å². The van der Waals surface area contributed by atoms with Gasteiger partial charge in [0.25, 0.3) is 0 Å². The fraction of sp³-hybridized carbons (Fsp3) is 0.478. The third kappa shape index (κ3) is 5.90. The van der Waals surface area contributed by atoms with Gasteiger partial charge in [0, 0.05) is 6.20 Å². The number of unbranched alkanes of at least 4 members (excludes halogenated alkanes) is 5. The number of benzene rings is 1. The third-order valence-corrected chi connectivity index (χ3v) is 5.13. The minimum Gasteiger partial charge on any atom is -0.467 e. The molecule has 2 atom stereocenters. The second-order valence-corrected chi connectivity index (χ2v) is 7.16. The van der Waals surface area contributed by atoms with E-state index in [1.807, 2.05) is 6.07 Å². The molecule has 3 rings (SSSR count). The van der Waals surface area contributed by atoms with Gasteiger partial charge in [-0.15, -0.1) is 0 Å². The van der Waals surface area contributed by atoms with Crippen LogP contribution in [0.15, 0.2) is 48.7 Å². The first kappa shape index (κ1) is 19.6. The fourth-order valence-electron chi connectivity index (χ4n) is 3.53. The van der Waals surface area contributed by atoms with Crippen LogP contribution in [0.3, 0.4) is 0 Å². The van der Waals surface area contributed by atoms with Gasteiger partial charge >= 0.3 is 5.97 Å². The number of aryl methyl sites for hydroxylation is 2. The number of epoxide rings is 1. The quantitative estimate of drug-likeness (QED) is 0.325. The summed E-state index contributed by atoms with van der Waals surface area (Å²) in [6.45, 7) is 0. The standard InChI is InChI=1S/C23H29NO3/c1-26-23(25)22-21(27-22)20-19(16-11-17-24-20)15-10-5-3-2-4-7-12-18-13-8-6-9-14-18/h6,8-9,11,13-14,16-17,21-22H,2-5,7,10,12,15H2,1H3. The lowest BCUT2D eigenvalue weighted by Crippen LogP contribution is -2.10. The predicted octanol–water partition coefficient (Wildman–Crippen LogP) is 4.82. The first-order valence-electron chi connectivity index (χ1n) is 10.0. The number of carbonyl (C=O) groups excluding carboxylic acids is 1. The van der Waals surface area contributed by atoms with E-state index >= 15 is 0 Å². The zero-order valence-corrected chi connectivity index (χ0v) is 16.1. The van der Waals surface area contributed by atoms with Gasteiger partial charge in [-0.2, -0.15) is 0 Å². The first-order chi connectivity index (χ1) is 13.3. The third-order valence-electron chi connectivity index (χ3n) is 5.13. The minimum absolute atomic E-state index is 0.230. The number of carbonyl (C=O) groups is 1. The molecule has 4 nitrogen and oxygen atoms in total. The molecule has 0 bridgehead atoms. The maximum absolute atomic E-state index is 11.6. The molecule has 4 heteroatoms. The fourth-order valence-corrected chi connectivity index (χ4v) is 3.53. The second-order valence-electron chi connectivity index (χ2n) is 7.16. The molecular formula is C23H29NO3. The van der Waals surface area contributed by atoms with Gasteiger partial charge in [-0.1, -0.05) is 62.1 Å². The highest BCUT2D eigenvalue weighted by atomic mass is 16.6. The van der Waals surface area contributed by atoms with Gasteiger partial charge in [0.15, 0.2) is 6.10 Å². The molecule has 0 saturated carbocycles. The number of ether oxygens (including phenoxy) is 2. The van der Waals surface area contributed by atoms with Gasteiger partial charge < -0.3 is 9.47 Å². The number of hydrogen-bond acceptors (Lipinski definition) is 4. The maximum atomic E-state index is 11.6. The van der Waals surface area contributed by atoms with Gasteiger partial charge in [-0.25, -0.2) is 4.79 Å². The van der Waals surface area contributed by atoms with Gasteiger partial charge in [0.2, 0.25) is 0 Å². The van der Waals surface area contributed by atoms with E-state index < -0.39 is 6.10 Å². The molecule has 2 aromatic rings. The summed E-state index contributed by atoms with van der Waals surface area (Å²) in [4.78, 5) is 16.0. The molecule has 27 heavy (non-hydrogen) atoms. The van der Waals surface area contributed by atoms with Crippen LogP contribution in [0.1, 0.15) is 61.4 Å². The molecule has 2 unspecified atom stereocenters. The zero-order chi connectivity index (χ0) is 18.9. The van der Waals surface area contributed by atoms with Crippen molar-refractivity contribution in [1.82, 2.24) is 4.98 Å². The number of aromatic nitrogens is 1. The number of pyridine rings is 1. The van der Waals surface area contributed by atoms with E-state index in [2.05, 4.69) is 41.4 Å². The molecule has 0 N–H and O–H groups in total. The van der Waals surface area contributed by atoms with Crippen LogP contribution < -0.4 is 0 Å². The SMILES string of the molecule is COC(=O)C1OC1c1ncccc1CCCCCCCCc1ccccc1. The van der Waals surface area contributed by atoms with E-state index in [1.54, 1.807) is 6.20 Å². The van der Waals surface area contributed by atoms with Crippen LogP contribution in [0, 0.1) is 0 Å². The summed E-state index contributed by atoms with van der Waals surface area (Å²) in [5, 5.41) is 0. The summed E-state index contributed by atoms with van der Waals surface area (Å²) in [6.07, 6.45) is 10.7. The number of esters is 1. The minimum atomic E-state index is -0.478. The van der Waals surface area contributed by atoms with Crippen molar-refractivity contribution in [3.8, 4) is 0 Å². The molecule has 1 aromatic heterocycles. The van der Waals surface area contributed by atoms with Crippen molar-refractivity contribution in [2.24, 2.45) is 0 Å². The highest BCUT2D eigenvalue weighted by Gasteiger charge is 2.48. The first-order valence-corrected chi connectivity index (χ1v) is 10.0. The summed E-state index contributed by atoms with van der Waals surface area (Å²) in [7, 11) is 1.39. The number of nitrogens with zero attached hydrogens (tertiary/aromatic N) is 1. The molecule has 0 aliphatic carbocycles. The van der Waals surface area contributed by atoms with Gasteiger partial charge in [-0.3, -0.25) is 4.98 Å². The van der Waals surface area contributed by atoms with Crippen LogP contribution in [0.2, 0.25) is 0 Å². The number of methoxy groups -OCH3 is 1. The molecule has 144 valence electrons. The van der Waals surface area contributed by atoms with E-state index in [4.69, 9.17) is 9.47 Å². The summed E-state index contributed by atoms with van der Waals surface area (Å²) >= 11 is 0. The molecule has 1 aromatic carbocycles. The van der Waals surface area contributed by atoms with E-state index in [0.717, 1.165) is 18.5 Å². The van der Waals surface area contributed by atoms with Crippen LogP contribution in [0.5, 0.6) is 0 Å². The molecule has 0 spiro atoms. The van der Waals surface area contributed by atoms with Gasteiger partial charge in [0.05, 0.1) is 12.8 Å². The van der Waals surface area contributed by atoms with Crippen molar-refractivity contribution in [2.75, 3.05) is 7.11 Å². The lowest BCUT2D eigenvalue weighted by atomic mass is 10.0. The van der Waals surface area contributed by atoms with Crippen molar-refractivity contribution in [3.05, 3.63) is 65.5 Å². The zero-order valence-electron chi connectivity index (χ0n) is 16.1. The number of hydrogen-bond donors (Lipinski definition) is 0. The summed E-state index contributed by atoms with van der Waals surface area (Å²) < 4.78 is 10.2. The van der Waals surface area contributed by atoms with Crippen molar-refractivity contribution >= 4 is 5.97 Å². The Labute approximate surface area is 161 Å². The Hall–Kier alpha value is -2.20. The Bertz CT molecular complexity index is 717. The van der Waals surface area contributed by atoms with E-state index in [0.29, 0.717) is 0 Å². The van der Waals surface area contributed by atoms with E-state index in [9.17, 15) is 4.79 Å². The monoisotopic (exact) mass is 367 g/mol. The molecule has 1 aliphatic heterocycles. The Balaban J connectivity index is 1.31. The Morgan fingerprint density at radius 2 is 1.67 bits per heavy atom. The molecule has 0 amide bonds. The summed E-state index contributed by atoms with van der Waals surface area (Å²) in [6, 6.07) is 14.8. The van der Waals surface area contributed by atoms with Crippen molar-refractivity contribution in [2.45, 2.75) is 63.6 Å². The molecule has 1 aliphatic rings. The lowest BCUT2D eigenvalue weighted by Gasteiger charge is -2.07. The predicted molar refractivity (Wildman–Crippen MR) is 105 cm³/mol. The lowest BCUT2D eigenvalue weighted by molar-refractivity contribution is -0.142. The molecule has 1 saturated heterocycles. The van der Waals surface area contributed by atoms with Crippen molar-refractivity contribution < 1.29 is 14.3 Å². The smallest absolute Gasteiger partial charge is 0.338 e. The largest absolute Gasteiger partial charge is 0.467 e. The van der Waals surface area contributed by atoms with Crippen LogP contribution in [-0.4, -0.2) is 24.2 Å². The highest BCUT2D eigenvalue weighted by molar-refractivity contribution is 5.78. The average Bonchev–Trinajstić information content (AvgIpc) is 3.51. The van der Waals surface area contributed by atoms with Crippen LogP contribution in [0.25, 0.3) is 0 Å². The average molecular weight is 367 g/mol. The Kier molecular flexibility index (Phi) is 7.40. The summed E-state index contributed by atoms with van der Waals surface area (Å²) in [5.74, 6) is -0.313. The second kappa shape index (κ2) is 10.2. The molecule has 0 radical (unpaired) electrons. The Morgan fingerprint density at radius 3 is 2.41 bits per heavy atom. The topological polar surface area (TPSA) is 51.7 Å². The van der Waals surface area contributed by atoms with Crippen LogP contribution in [0.4, 0.5) is 0 Å². The normalized spacial score (nSPS) is 18.3. The Morgan fingerprint density at radius 1 is 0.963 bits per heavy atom. The highest BCUT2D eigenvalue weighted by Crippen LogP contribution is 2.40. The van der Waals surface area contributed by atoms with Crippen LogP contribution in [-0.2, 0) is 27.1 Å². The van der Waals surface area contributed by atoms with E-state index in [-0.39, 0.29) is 12.1 Å². The maximum Gasteiger partial charge on any atom is 0.338 e. The van der Waals surface area contributed by atoms with Crippen LogP contribution >= 0.6 is 0 Å². The molecule has 2 heterocycles. The van der Waals surface area contributed by atoms with Gasteiger partial charge in [0.1, 0.15) is 6.10 Å². The molecular weight excluding hydrogens is 338 g/mol. The number of rotatable bonds is 11. The van der Waals surface area contributed by atoms with E-state index in [1.165, 1.54) is 56.8 Å². The van der Waals surface area contributed by atoms with Crippen molar-refractivity contribution in [3.63, 3.8) is 0 Å². The summed E-state index contributed by atoms with van der Waals surface area (Å²) in [5.41, 5.74) is 3.53.